The molecule has 2 heterocycles. The van der Waals surface area contributed by atoms with Crippen molar-refractivity contribution in [3.8, 4) is 11.5 Å². The van der Waals surface area contributed by atoms with Crippen LogP contribution >= 0.6 is 11.3 Å². The molecule has 3 rings (SSSR count). The van der Waals surface area contributed by atoms with Gasteiger partial charge in [-0.3, -0.25) is 4.79 Å². The number of rotatable bonds is 8. The van der Waals surface area contributed by atoms with Crippen molar-refractivity contribution >= 4 is 27.3 Å². The molecule has 1 aliphatic rings. The standard InChI is InChI=1S/C20H26N2O5S2/c1-15(14-27-18-7-5-17(26-2)6-8-18)21-20(23)16-9-11-22(12-10-16)29(24,25)19-4-3-13-28-19/h3-8,13,15-16H,9-12,14H2,1-2H3,(H,21,23)/t15-/m0/s1. The number of nitrogens with zero attached hydrogens (tertiary/aromatic N) is 1. The van der Waals surface area contributed by atoms with Crippen molar-refractivity contribution in [1.82, 2.24) is 9.62 Å². The first kappa shape index (κ1) is 21.6. The molecule has 0 saturated carbocycles. The second kappa shape index (κ2) is 9.60. The van der Waals surface area contributed by atoms with Gasteiger partial charge < -0.3 is 14.8 Å². The Morgan fingerprint density at radius 3 is 2.45 bits per heavy atom. The molecule has 9 heteroatoms. The van der Waals surface area contributed by atoms with Gasteiger partial charge in [-0.2, -0.15) is 4.31 Å². The fourth-order valence-electron chi connectivity index (χ4n) is 3.19. The van der Waals surface area contributed by atoms with Crippen LogP contribution in [0.4, 0.5) is 0 Å². The summed E-state index contributed by atoms with van der Waals surface area (Å²) in [7, 11) is -1.84. The van der Waals surface area contributed by atoms with Gasteiger partial charge >= 0.3 is 0 Å². The average Bonchev–Trinajstić information content (AvgIpc) is 3.28. The van der Waals surface area contributed by atoms with E-state index in [4.69, 9.17) is 9.47 Å². The van der Waals surface area contributed by atoms with E-state index < -0.39 is 10.0 Å². The number of nitrogens with one attached hydrogen (secondary N) is 1. The number of carbonyl (C=O) groups excluding carboxylic acids is 1. The van der Waals surface area contributed by atoms with Crippen LogP contribution in [0.3, 0.4) is 0 Å². The minimum absolute atomic E-state index is 0.0518. The summed E-state index contributed by atoms with van der Waals surface area (Å²) < 4.78 is 37.8. The SMILES string of the molecule is COc1ccc(OC[C@H](C)NC(=O)C2CCN(S(=O)(=O)c3cccs3)CC2)cc1. The third kappa shape index (κ3) is 5.49. The van der Waals surface area contributed by atoms with Crippen LogP contribution < -0.4 is 14.8 Å². The third-order valence-corrected chi connectivity index (χ3v) is 8.13. The Morgan fingerprint density at radius 1 is 1.21 bits per heavy atom. The molecule has 2 aromatic rings. The van der Waals surface area contributed by atoms with Crippen molar-refractivity contribution in [2.45, 2.75) is 30.0 Å². The number of sulfonamides is 1. The van der Waals surface area contributed by atoms with Crippen LogP contribution in [0.25, 0.3) is 0 Å². The van der Waals surface area contributed by atoms with Gasteiger partial charge in [0.1, 0.15) is 22.3 Å². The number of piperidine rings is 1. The Balaban J connectivity index is 1.44. The molecule has 158 valence electrons. The van der Waals surface area contributed by atoms with Gasteiger partial charge in [-0.05, 0) is 55.5 Å². The average molecular weight is 439 g/mol. The first-order valence-corrected chi connectivity index (χ1v) is 11.8. The number of benzene rings is 1. The smallest absolute Gasteiger partial charge is 0.252 e. The maximum atomic E-state index is 12.6. The van der Waals surface area contributed by atoms with E-state index in [-0.39, 0.29) is 17.9 Å². The van der Waals surface area contributed by atoms with Crippen molar-refractivity contribution in [2.24, 2.45) is 5.92 Å². The lowest BCUT2D eigenvalue weighted by Crippen LogP contribution is -2.45. The Kier molecular flexibility index (Phi) is 7.15. The van der Waals surface area contributed by atoms with Crippen molar-refractivity contribution in [3.05, 3.63) is 41.8 Å². The van der Waals surface area contributed by atoms with Gasteiger partial charge in [0.2, 0.25) is 5.91 Å². The van der Waals surface area contributed by atoms with Crippen molar-refractivity contribution in [2.75, 3.05) is 26.8 Å². The molecule has 0 aliphatic carbocycles. The summed E-state index contributed by atoms with van der Waals surface area (Å²) in [4.78, 5) is 12.5. The van der Waals surface area contributed by atoms with Gasteiger partial charge in [0.05, 0.1) is 13.2 Å². The number of hydrogen-bond donors (Lipinski definition) is 1. The molecule has 1 amide bonds. The number of carbonyl (C=O) groups is 1. The second-order valence-electron chi connectivity index (χ2n) is 7.01. The summed E-state index contributed by atoms with van der Waals surface area (Å²) in [6.45, 7) is 2.95. The Morgan fingerprint density at radius 2 is 1.86 bits per heavy atom. The van der Waals surface area contributed by atoms with E-state index in [2.05, 4.69) is 5.32 Å². The molecule has 1 atom stereocenters. The topological polar surface area (TPSA) is 84.9 Å². The molecule has 1 aliphatic heterocycles. The summed E-state index contributed by atoms with van der Waals surface area (Å²) in [5.74, 6) is 1.22. The van der Waals surface area contributed by atoms with E-state index in [0.29, 0.717) is 42.5 Å². The highest BCUT2D eigenvalue weighted by Crippen LogP contribution is 2.26. The highest BCUT2D eigenvalue weighted by molar-refractivity contribution is 7.91. The van der Waals surface area contributed by atoms with E-state index in [1.54, 1.807) is 24.6 Å². The molecule has 1 aromatic carbocycles. The van der Waals surface area contributed by atoms with Gasteiger partial charge in [-0.25, -0.2) is 8.42 Å². The minimum atomic E-state index is -3.44. The molecule has 0 spiro atoms. The number of amides is 1. The van der Waals surface area contributed by atoms with Crippen LogP contribution in [0, 0.1) is 5.92 Å². The fourth-order valence-corrected chi connectivity index (χ4v) is 5.81. The zero-order valence-corrected chi connectivity index (χ0v) is 18.2. The second-order valence-corrected chi connectivity index (χ2v) is 10.1. The normalized spacial score (nSPS) is 16.9. The van der Waals surface area contributed by atoms with Crippen LogP contribution in [0.1, 0.15) is 19.8 Å². The number of thiophene rings is 1. The fraction of sp³-hybridized carbons (Fsp3) is 0.450. The maximum absolute atomic E-state index is 12.6. The summed E-state index contributed by atoms with van der Waals surface area (Å²) in [6.07, 6.45) is 1.03. The minimum Gasteiger partial charge on any atom is -0.497 e. The molecule has 1 N–H and O–H groups in total. The van der Waals surface area contributed by atoms with Crippen LogP contribution in [0.15, 0.2) is 46.0 Å². The lowest BCUT2D eigenvalue weighted by Gasteiger charge is -2.30. The highest BCUT2D eigenvalue weighted by Gasteiger charge is 2.32. The summed E-state index contributed by atoms with van der Waals surface area (Å²) in [5.41, 5.74) is 0. The largest absolute Gasteiger partial charge is 0.497 e. The van der Waals surface area contributed by atoms with Gasteiger partial charge in [-0.15, -0.1) is 11.3 Å². The maximum Gasteiger partial charge on any atom is 0.252 e. The van der Waals surface area contributed by atoms with Crippen LogP contribution in [0.5, 0.6) is 11.5 Å². The van der Waals surface area contributed by atoms with Crippen molar-refractivity contribution < 1.29 is 22.7 Å². The molecule has 1 saturated heterocycles. The van der Waals surface area contributed by atoms with Gasteiger partial charge in [0, 0.05) is 19.0 Å². The molecular weight excluding hydrogens is 412 g/mol. The van der Waals surface area contributed by atoms with Crippen LogP contribution in [-0.4, -0.2) is 51.5 Å². The summed E-state index contributed by atoms with van der Waals surface area (Å²) >= 11 is 1.21. The summed E-state index contributed by atoms with van der Waals surface area (Å²) in [6, 6.07) is 10.5. The number of methoxy groups -OCH3 is 1. The molecule has 7 nitrogen and oxygen atoms in total. The monoisotopic (exact) mass is 438 g/mol. The first-order chi connectivity index (χ1) is 13.9. The lowest BCUT2D eigenvalue weighted by atomic mass is 9.97. The third-order valence-electron chi connectivity index (χ3n) is 4.86. The van der Waals surface area contributed by atoms with Gasteiger partial charge in [-0.1, -0.05) is 6.07 Å². The summed E-state index contributed by atoms with van der Waals surface area (Å²) in [5, 5.41) is 4.72. The molecule has 1 aromatic heterocycles. The van der Waals surface area contributed by atoms with Gasteiger partial charge in [0.25, 0.3) is 10.0 Å². The highest BCUT2D eigenvalue weighted by atomic mass is 32.2. The predicted molar refractivity (Wildman–Crippen MR) is 112 cm³/mol. The molecule has 29 heavy (non-hydrogen) atoms. The molecular formula is C20H26N2O5S2. The van der Waals surface area contributed by atoms with E-state index in [0.717, 1.165) is 5.75 Å². The van der Waals surface area contributed by atoms with E-state index in [9.17, 15) is 13.2 Å². The van der Waals surface area contributed by atoms with Crippen LogP contribution in [0.2, 0.25) is 0 Å². The predicted octanol–water partition coefficient (Wildman–Crippen LogP) is 2.74. The quantitative estimate of drug-likeness (QED) is 0.685. The van der Waals surface area contributed by atoms with E-state index >= 15 is 0 Å². The van der Waals surface area contributed by atoms with E-state index in [1.807, 2.05) is 31.2 Å². The van der Waals surface area contributed by atoms with Gasteiger partial charge in [0.15, 0.2) is 0 Å². The Bertz CT molecular complexity index is 889. The molecule has 0 bridgehead atoms. The van der Waals surface area contributed by atoms with Crippen molar-refractivity contribution in [3.63, 3.8) is 0 Å². The molecule has 0 unspecified atom stereocenters. The number of ether oxygens (including phenoxy) is 2. The molecule has 0 radical (unpaired) electrons. The first-order valence-electron chi connectivity index (χ1n) is 9.51. The zero-order chi connectivity index (χ0) is 20.9. The zero-order valence-electron chi connectivity index (χ0n) is 16.5. The number of hydrogen-bond acceptors (Lipinski definition) is 6. The lowest BCUT2D eigenvalue weighted by molar-refractivity contribution is -0.126. The van der Waals surface area contributed by atoms with Crippen LogP contribution in [-0.2, 0) is 14.8 Å². The van der Waals surface area contributed by atoms with Crippen molar-refractivity contribution in [1.29, 1.82) is 0 Å². The Labute approximate surface area is 175 Å². The Hall–Kier alpha value is -2.10. The van der Waals surface area contributed by atoms with E-state index in [1.165, 1.54) is 15.6 Å². The molecule has 1 fully saturated rings.